The summed E-state index contributed by atoms with van der Waals surface area (Å²) in [5.74, 6) is 0.392. The molecule has 0 aliphatic rings. The van der Waals surface area contributed by atoms with Crippen molar-refractivity contribution in [1.29, 1.82) is 0 Å². The van der Waals surface area contributed by atoms with Gasteiger partial charge in [-0.1, -0.05) is 6.07 Å². The largest absolute Gasteiger partial charge is 0.444 e. The molecule has 21 heavy (non-hydrogen) atoms. The highest BCUT2D eigenvalue weighted by Crippen LogP contribution is 2.26. The molecule has 112 valence electrons. The predicted molar refractivity (Wildman–Crippen MR) is 79.9 cm³/mol. The van der Waals surface area contributed by atoms with Crippen LogP contribution in [0, 0.1) is 17.0 Å². The van der Waals surface area contributed by atoms with Gasteiger partial charge in [-0.2, -0.15) is 0 Å². The molecule has 0 saturated carbocycles. The van der Waals surface area contributed by atoms with E-state index < -0.39 is 4.92 Å². The number of hydrogen-bond acceptors (Lipinski definition) is 5. The summed E-state index contributed by atoms with van der Waals surface area (Å²) < 4.78 is 5.42. The van der Waals surface area contributed by atoms with Gasteiger partial charge in [-0.3, -0.25) is 10.1 Å². The fraction of sp³-hybridized carbons (Fsp3) is 0.400. The molecule has 0 fully saturated rings. The molecule has 0 atom stereocenters. The number of nitrogens with zero attached hydrogens (tertiary/aromatic N) is 2. The number of oxazole rings is 1. The quantitative estimate of drug-likeness (QED) is 0.688. The van der Waals surface area contributed by atoms with Crippen LogP contribution < -0.4 is 5.32 Å². The molecule has 0 bridgehead atoms. The van der Waals surface area contributed by atoms with Crippen molar-refractivity contribution in [2.45, 2.75) is 39.8 Å². The van der Waals surface area contributed by atoms with Gasteiger partial charge in [0.2, 0.25) is 5.89 Å². The van der Waals surface area contributed by atoms with Crippen LogP contribution in [0.3, 0.4) is 0 Å². The van der Waals surface area contributed by atoms with E-state index >= 15 is 0 Å². The van der Waals surface area contributed by atoms with E-state index in [2.05, 4.69) is 31.1 Å². The van der Waals surface area contributed by atoms with Gasteiger partial charge >= 0.3 is 0 Å². The number of nitrogens with one attached hydrogen (secondary N) is 1. The lowest BCUT2D eigenvalue weighted by Crippen LogP contribution is -2.35. The van der Waals surface area contributed by atoms with Gasteiger partial charge in [0.1, 0.15) is 6.26 Å². The SMILES string of the molecule is Cc1ccc(-c2nc(CNC(C)(C)C)co2)cc1[N+](=O)[O-]. The lowest BCUT2D eigenvalue weighted by molar-refractivity contribution is -0.385. The van der Waals surface area contributed by atoms with E-state index in [1.165, 1.54) is 6.07 Å². The fourth-order valence-corrected chi connectivity index (χ4v) is 1.82. The van der Waals surface area contributed by atoms with Crippen molar-refractivity contribution in [2.24, 2.45) is 0 Å². The van der Waals surface area contributed by atoms with Crippen molar-refractivity contribution in [2.75, 3.05) is 0 Å². The van der Waals surface area contributed by atoms with Crippen molar-refractivity contribution < 1.29 is 9.34 Å². The van der Waals surface area contributed by atoms with Crippen molar-refractivity contribution >= 4 is 5.69 Å². The molecular weight excluding hydrogens is 270 g/mol. The molecule has 0 saturated heterocycles. The smallest absolute Gasteiger partial charge is 0.273 e. The molecule has 0 amide bonds. The maximum Gasteiger partial charge on any atom is 0.273 e. The first-order valence-electron chi connectivity index (χ1n) is 6.71. The van der Waals surface area contributed by atoms with E-state index in [0.717, 1.165) is 5.69 Å². The highest BCUT2D eigenvalue weighted by molar-refractivity contribution is 5.60. The first kappa shape index (κ1) is 15.2. The van der Waals surface area contributed by atoms with E-state index in [1.807, 2.05) is 0 Å². The zero-order valence-corrected chi connectivity index (χ0v) is 12.6. The fourth-order valence-electron chi connectivity index (χ4n) is 1.82. The Morgan fingerprint density at radius 2 is 2.10 bits per heavy atom. The second-order valence-corrected chi connectivity index (χ2v) is 6.01. The summed E-state index contributed by atoms with van der Waals surface area (Å²) in [6, 6.07) is 4.96. The number of nitro groups is 1. The lowest BCUT2D eigenvalue weighted by Gasteiger charge is -2.19. The van der Waals surface area contributed by atoms with Crippen LogP contribution in [0.4, 0.5) is 5.69 Å². The molecule has 6 heteroatoms. The summed E-state index contributed by atoms with van der Waals surface area (Å²) in [5.41, 5.74) is 2.05. The van der Waals surface area contributed by atoms with E-state index in [0.29, 0.717) is 23.6 Å². The number of aryl methyl sites for hydroxylation is 1. The molecule has 1 aromatic carbocycles. The van der Waals surface area contributed by atoms with Crippen molar-refractivity contribution in [3.05, 3.63) is 45.8 Å². The molecule has 0 unspecified atom stereocenters. The average Bonchev–Trinajstić information content (AvgIpc) is 2.84. The van der Waals surface area contributed by atoms with Crippen LogP contribution in [-0.2, 0) is 6.54 Å². The molecule has 0 radical (unpaired) electrons. The van der Waals surface area contributed by atoms with Crippen LogP contribution in [0.5, 0.6) is 0 Å². The van der Waals surface area contributed by atoms with Crippen LogP contribution in [0.1, 0.15) is 32.0 Å². The Kier molecular flexibility index (Phi) is 4.09. The lowest BCUT2D eigenvalue weighted by atomic mass is 10.1. The van der Waals surface area contributed by atoms with Crippen LogP contribution >= 0.6 is 0 Å². The Morgan fingerprint density at radius 1 is 1.38 bits per heavy atom. The average molecular weight is 289 g/mol. The van der Waals surface area contributed by atoms with Crippen LogP contribution in [0.2, 0.25) is 0 Å². The minimum absolute atomic E-state index is 0.0121. The minimum Gasteiger partial charge on any atom is -0.444 e. The normalized spacial score (nSPS) is 11.6. The topological polar surface area (TPSA) is 81.2 Å². The van der Waals surface area contributed by atoms with Crippen molar-refractivity contribution in [1.82, 2.24) is 10.3 Å². The maximum atomic E-state index is 11.0. The van der Waals surface area contributed by atoms with E-state index in [4.69, 9.17) is 4.42 Å². The third kappa shape index (κ3) is 3.88. The van der Waals surface area contributed by atoms with Gasteiger partial charge in [-0.05, 0) is 33.8 Å². The Bertz CT molecular complexity index is 656. The maximum absolute atomic E-state index is 11.0. The monoisotopic (exact) mass is 289 g/mol. The third-order valence-electron chi connectivity index (χ3n) is 3.00. The van der Waals surface area contributed by atoms with Gasteiger partial charge in [0.15, 0.2) is 0 Å². The molecule has 6 nitrogen and oxygen atoms in total. The number of rotatable bonds is 4. The summed E-state index contributed by atoms with van der Waals surface area (Å²) in [6.07, 6.45) is 1.57. The number of benzene rings is 1. The molecule has 2 rings (SSSR count). The predicted octanol–water partition coefficient (Wildman–Crippen LogP) is 3.45. The summed E-state index contributed by atoms with van der Waals surface area (Å²) in [7, 11) is 0. The van der Waals surface area contributed by atoms with Crippen LogP contribution in [0.15, 0.2) is 28.9 Å². The van der Waals surface area contributed by atoms with Gasteiger partial charge in [0.25, 0.3) is 5.69 Å². The number of nitro benzene ring substituents is 1. The standard InChI is InChI=1S/C15H19N3O3/c1-10-5-6-11(7-13(10)18(19)20)14-17-12(9-21-14)8-16-15(2,3)4/h5-7,9,16H,8H2,1-4H3. The second kappa shape index (κ2) is 5.65. The molecule has 2 aromatic rings. The Hall–Kier alpha value is -2.21. The van der Waals surface area contributed by atoms with E-state index in [-0.39, 0.29) is 11.2 Å². The molecular formula is C15H19N3O3. The second-order valence-electron chi connectivity index (χ2n) is 6.01. The van der Waals surface area contributed by atoms with Gasteiger partial charge in [-0.25, -0.2) is 4.98 Å². The Balaban J connectivity index is 2.22. The third-order valence-corrected chi connectivity index (χ3v) is 3.00. The number of aromatic nitrogens is 1. The Morgan fingerprint density at radius 3 is 2.71 bits per heavy atom. The van der Waals surface area contributed by atoms with Gasteiger partial charge in [-0.15, -0.1) is 0 Å². The molecule has 0 aliphatic heterocycles. The van der Waals surface area contributed by atoms with Gasteiger partial charge in [0.05, 0.1) is 10.6 Å². The van der Waals surface area contributed by atoms with E-state index in [9.17, 15) is 10.1 Å². The molecule has 1 heterocycles. The van der Waals surface area contributed by atoms with Crippen LogP contribution in [-0.4, -0.2) is 15.4 Å². The number of hydrogen-bond donors (Lipinski definition) is 1. The summed E-state index contributed by atoms with van der Waals surface area (Å²) in [6.45, 7) is 8.49. The van der Waals surface area contributed by atoms with Gasteiger partial charge in [0, 0.05) is 29.3 Å². The summed E-state index contributed by atoms with van der Waals surface area (Å²) >= 11 is 0. The molecule has 0 spiro atoms. The van der Waals surface area contributed by atoms with Crippen molar-refractivity contribution in [3.8, 4) is 11.5 Å². The Labute approximate surface area is 123 Å². The highest BCUT2D eigenvalue weighted by atomic mass is 16.6. The molecule has 1 aromatic heterocycles. The molecule has 1 N–H and O–H groups in total. The summed E-state index contributed by atoms with van der Waals surface area (Å²) in [5, 5.41) is 14.3. The first-order valence-corrected chi connectivity index (χ1v) is 6.71. The zero-order chi connectivity index (χ0) is 15.6. The first-order chi connectivity index (χ1) is 9.76. The van der Waals surface area contributed by atoms with Crippen LogP contribution in [0.25, 0.3) is 11.5 Å². The van der Waals surface area contributed by atoms with E-state index in [1.54, 1.807) is 25.3 Å². The minimum atomic E-state index is -0.399. The molecule has 0 aliphatic carbocycles. The zero-order valence-electron chi connectivity index (χ0n) is 12.6. The highest BCUT2D eigenvalue weighted by Gasteiger charge is 2.15. The van der Waals surface area contributed by atoms with Gasteiger partial charge < -0.3 is 9.73 Å². The van der Waals surface area contributed by atoms with Crippen molar-refractivity contribution in [3.63, 3.8) is 0 Å². The summed E-state index contributed by atoms with van der Waals surface area (Å²) in [4.78, 5) is 14.9.